The summed E-state index contributed by atoms with van der Waals surface area (Å²) in [6.07, 6.45) is 0. The topological polar surface area (TPSA) is 139 Å². The van der Waals surface area contributed by atoms with Gasteiger partial charge in [0, 0.05) is 24.8 Å². The third-order valence-corrected chi connectivity index (χ3v) is 3.38. The van der Waals surface area contributed by atoms with Gasteiger partial charge in [-0.15, -0.1) is 0 Å². The number of benzene rings is 1. The Hall–Kier alpha value is -3.61. The number of nitro groups is 1. The molecule has 1 aromatic carbocycles. The van der Waals surface area contributed by atoms with Gasteiger partial charge < -0.3 is 15.0 Å². The average Bonchev–Trinajstić information content (AvgIpc) is 2.62. The first-order chi connectivity index (χ1) is 11.6. The van der Waals surface area contributed by atoms with Crippen LogP contribution >= 0.6 is 0 Å². The van der Waals surface area contributed by atoms with Crippen LogP contribution in [0.4, 0.5) is 17.1 Å². The van der Waals surface area contributed by atoms with Crippen molar-refractivity contribution in [2.75, 3.05) is 36.5 Å². The molecule has 1 N–H and O–H groups in total. The number of morpholine rings is 1. The van der Waals surface area contributed by atoms with Gasteiger partial charge in [-0.2, -0.15) is 15.8 Å². The SMILES string of the molecule is N#CC(C#N)=C(C#N)Nc1ccc(N2CCOCC2)c([N+](=O)[O-])c1. The Labute approximate surface area is 137 Å². The number of anilines is 2. The summed E-state index contributed by atoms with van der Waals surface area (Å²) >= 11 is 0. The highest BCUT2D eigenvalue weighted by Gasteiger charge is 2.22. The predicted octanol–water partition coefficient (Wildman–Crippen LogP) is 1.67. The molecular formula is C15H12N6O3. The lowest BCUT2D eigenvalue weighted by atomic mass is 10.2. The smallest absolute Gasteiger partial charge is 0.294 e. The molecule has 120 valence electrons. The van der Waals surface area contributed by atoms with Crippen LogP contribution in [0.1, 0.15) is 0 Å². The maximum atomic E-state index is 11.4. The van der Waals surface area contributed by atoms with Gasteiger partial charge in [-0.25, -0.2) is 0 Å². The molecule has 0 aromatic heterocycles. The Morgan fingerprint density at radius 2 is 1.88 bits per heavy atom. The standard InChI is InChI=1S/C15H12N6O3/c16-8-11(9-17)13(10-18)19-12-1-2-14(15(7-12)21(22)23)20-3-5-24-6-4-20/h1-2,7,19H,3-6H2. The summed E-state index contributed by atoms with van der Waals surface area (Å²) in [5.41, 5.74) is -0.0733. The van der Waals surface area contributed by atoms with E-state index in [4.69, 9.17) is 20.5 Å². The first kappa shape index (κ1) is 16.8. The van der Waals surface area contributed by atoms with Crippen LogP contribution in [0.5, 0.6) is 0 Å². The van der Waals surface area contributed by atoms with E-state index in [1.807, 2.05) is 4.90 Å². The number of allylic oxidation sites excluding steroid dienone is 2. The first-order valence-corrected chi connectivity index (χ1v) is 6.93. The first-order valence-electron chi connectivity index (χ1n) is 6.93. The summed E-state index contributed by atoms with van der Waals surface area (Å²) in [6.45, 7) is 2.08. The van der Waals surface area contributed by atoms with Crippen molar-refractivity contribution < 1.29 is 9.66 Å². The van der Waals surface area contributed by atoms with Gasteiger partial charge in [-0.1, -0.05) is 0 Å². The van der Waals surface area contributed by atoms with E-state index < -0.39 is 10.5 Å². The lowest BCUT2D eigenvalue weighted by Gasteiger charge is -2.28. The Kier molecular flexibility index (Phi) is 5.30. The van der Waals surface area contributed by atoms with Gasteiger partial charge in [0.1, 0.15) is 29.6 Å². The van der Waals surface area contributed by atoms with Gasteiger partial charge in [-0.3, -0.25) is 10.1 Å². The monoisotopic (exact) mass is 324 g/mol. The van der Waals surface area contributed by atoms with Crippen LogP contribution in [0.2, 0.25) is 0 Å². The van der Waals surface area contributed by atoms with Gasteiger partial charge >= 0.3 is 0 Å². The largest absolute Gasteiger partial charge is 0.378 e. The Morgan fingerprint density at radius 3 is 2.42 bits per heavy atom. The molecule has 0 saturated carbocycles. The number of ether oxygens (including phenoxy) is 1. The number of nitrogens with one attached hydrogen (secondary N) is 1. The Balaban J connectivity index is 2.38. The van der Waals surface area contributed by atoms with E-state index in [1.165, 1.54) is 6.07 Å². The third kappa shape index (κ3) is 3.58. The summed E-state index contributed by atoms with van der Waals surface area (Å²) in [7, 11) is 0. The molecule has 0 bridgehead atoms. The molecule has 0 amide bonds. The number of nitrogens with zero attached hydrogens (tertiary/aromatic N) is 5. The molecule has 1 aliphatic rings. The summed E-state index contributed by atoms with van der Waals surface area (Å²) in [5, 5.41) is 40.6. The molecule has 1 heterocycles. The second-order valence-electron chi connectivity index (χ2n) is 4.77. The molecule has 9 heteroatoms. The number of hydrogen-bond donors (Lipinski definition) is 1. The second kappa shape index (κ2) is 7.59. The molecule has 1 fully saturated rings. The van der Waals surface area contributed by atoms with Gasteiger partial charge in [0.05, 0.1) is 18.1 Å². The summed E-state index contributed by atoms with van der Waals surface area (Å²) < 4.78 is 5.24. The normalized spacial score (nSPS) is 13.1. The van der Waals surface area contributed by atoms with E-state index in [0.29, 0.717) is 32.0 Å². The van der Waals surface area contributed by atoms with Crippen LogP contribution in [0, 0.1) is 44.1 Å². The van der Waals surface area contributed by atoms with Crippen molar-refractivity contribution in [1.82, 2.24) is 0 Å². The summed E-state index contributed by atoms with van der Waals surface area (Å²) in [5.74, 6) is 0. The van der Waals surface area contributed by atoms with Gasteiger partial charge in [0.2, 0.25) is 0 Å². The van der Waals surface area contributed by atoms with Crippen LogP contribution in [0.15, 0.2) is 29.5 Å². The van der Waals surface area contributed by atoms with E-state index in [9.17, 15) is 10.1 Å². The zero-order chi connectivity index (χ0) is 17.5. The zero-order valence-corrected chi connectivity index (χ0v) is 12.5. The molecule has 2 rings (SSSR count). The van der Waals surface area contributed by atoms with Crippen molar-refractivity contribution >= 4 is 17.1 Å². The minimum Gasteiger partial charge on any atom is -0.378 e. The number of hydrogen-bond acceptors (Lipinski definition) is 8. The van der Waals surface area contributed by atoms with Gasteiger partial charge in [0.15, 0.2) is 5.57 Å². The maximum Gasteiger partial charge on any atom is 0.294 e. The highest BCUT2D eigenvalue weighted by atomic mass is 16.6. The fourth-order valence-electron chi connectivity index (χ4n) is 2.25. The molecule has 24 heavy (non-hydrogen) atoms. The lowest BCUT2D eigenvalue weighted by molar-refractivity contribution is -0.384. The fourth-order valence-corrected chi connectivity index (χ4v) is 2.25. The Bertz CT molecular complexity index is 790. The van der Waals surface area contributed by atoms with E-state index in [-0.39, 0.29) is 17.1 Å². The fraction of sp³-hybridized carbons (Fsp3) is 0.267. The van der Waals surface area contributed by atoms with E-state index in [2.05, 4.69) is 5.32 Å². The minimum atomic E-state index is -0.513. The highest BCUT2D eigenvalue weighted by molar-refractivity contribution is 5.71. The van der Waals surface area contributed by atoms with Crippen molar-refractivity contribution in [3.63, 3.8) is 0 Å². The van der Waals surface area contributed by atoms with Crippen LogP contribution < -0.4 is 10.2 Å². The zero-order valence-electron chi connectivity index (χ0n) is 12.5. The van der Waals surface area contributed by atoms with Crippen molar-refractivity contribution in [1.29, 1.82) is 15.8 Å². The van der Waals surface area contributed by atoms with Crippen LogP contribution in [0.3, 0.4) is 0 Å². The van der Waals surface area contributed by atoms with E-state index in [0.717, 1.165) is 0 Å². The van der Waals surface area contributed by atoms with Gasteiger partial charge in [-0.05, 0) is 12.1 Å². The van der Waals surface area contributed by atoms with Crippen LogP contribution in [0.25, 0.3) is 0 Å². The second-order valence-corrected chi connectivity index (χ2v) is 4.77. The average molecular weight is 324 g/mol. The molecule has 1 aromatic rings. The maximum absolute atomic E-state index is 11.4. The summed E-state index contributed by atoms with van der Waals surface area (Å²) in [6, 6.07) is 9.31. The van der Waals surface area contributed by atoms with Crippen molar-refractivity contribution in [3.8, 4) is 18.2 Å². The molecule has 0 atom stereocenters. The van der Waals surface area contributed by atoms with E-state index >= 15 is 0 Å². The number of nitriles is 3. The predicted molar refractivity (Wildman–Crippen MR) is 83.6 cm³/mol. The molecule has 0 radical (unpaired) electrons. The van der Waals surface area contributed by atoms with Crippen molar-refractivity contribution in [3.05, 3.63) is 39.6 Å². The van der Waals surface area contributed by atoms with Crippen LogP contribution in [-0.2, 0) is 4.74 Å². The molecular weight excluding hydrogens is 312 g/mol. The minimum absolute atomic E-state index is 0.130. The Morgan fingerprint density at radius 1 is 1.21 bits per heavy atom. The number of rotatable bonds is 4. The molecule has 9 nitrogen and oxygen atoms in total. The molecule has 1 aliphatic heterocycles. The molecule has 1 saturated heterocycles. The van der Waals surface area contributed by atoms with Crippen LogP contribution in [-0.4, -0.2) is 31.2 Å². The van der Waals surface area contributed by atoms with Gasteiger partial charge in [0.25, 0.3) is 5.69 Å². The lowest BCUT2D eigenvalue weighted by Crippen LogP contribution is -2.36. The summed E-state index contributed by atoms with van der Waals surface area (Å²) in [4.78, 5) is 12.7. The molecule has 0 spiro atoms. The quantitative estimate of drug-likeness (QED) is 0.501. The van der Waals surface area contributed by atoms with Crippen molar-refractivity contribution in [2.45, 2.75) is 0 Å². The highest BCUT2D eigenvalue weighted by Crippen LogP contribution is 2.32. The molecule has 0 unspecified atom stereocenters. The number of nitro benzene ring substituents is 1. The third-order valence-electron chi connectivity index (χ3n) is 3.38. The van der Waals surface area contributed by atoms with E-state index in [1.54, 1.807) is 30.3 Å². The molecule has 0 aliphatic carbocycles. The van der Waals surface area contributed by atoms with Crippen molar-refractivity contribution in [2.24, 2.45) is 0 Å².